The van der Waals surface area contributed by atoms with Crippen molar-refractivity contribution in [2.24, 2.45) is 0 Å². The largest absolute Gasteiger partial charge is 0.507 e. The molecule has 0 spiro atoms. The molecule has 40 heavy (non-hydrogen) atoms. The first-order valence-corrected chi connectivity index (χ1v) is 13.3. The van der Waals surface area contributed by atoms with Gasteiger partial charge in [-0.15, -0.1) is 0 Å². The molecule has 8 nitrogen and oxygen atoms in total. The summed E-state index contributed by atoms with van der Waals surface area (Å²) in [5.74, 6) is -2.09. The molecular weight excluding hydrogens is 528 g/mol. The Morgan fingerprint density at radius 2 is 1.73 bits per heavy atom. The molecule has 202 valence electrons. The van der Waals surface area contributed by atoms with Gasteiger partial charge in [0.05, 0.1) is 24.4 Å². The minimum Gasteiger partial charge on any atom is -0.507 e. The van der Waals surface area contributed by atoms with Crippen LogP contribution in [-0.2, 0) is 20.9 Å². The van der Waals surface area contributed by atoms with Crippen LogP contribution in [0, 0.1) is 13.8 Å². The van der Waals surface area contributed by atoms with Crippen molar-refractivity contribution in [3.63, 3.8) is 0 Å². The first-order valence-electron chi connectivity index (χ1n) is 12.5. The summed E-state index contributed by atoms with van der Waals surface area (Å²) in [6, 6.07) is 22.7. The van der Waals surface area contributed by atoms with Crippen LogP contribution in [0.25, 0.3) is 5.76 Å². The van der Waals surface area contributed by atoms with E-state index in [1.807, 2.05) is 49.4 Å². The van der Waals surface area contributed by atoms with Gasteiger partial charge in [-0.25, -0.2) is 9.78 Å². The summed E-state index contributed by atoms with van der Waals surface area (Å²) in [5, 5.41) is 11.5. The third-order valence-electron chi connectivity index (χ3n) is 6.55. The van der Waals surface area contributed by atoms with Gasteiger partial charge in [0.2, 0.25) is 0 Å². The number of amides is 1. The van der Waals surface area contributed by atoms with Gasteiger partial charge in [0.15, 0.2) is 5.13 Å². The maximum atomic E-state index is 13.5. The van der Waals surface area contributed by atoms with Gasteiger partial charge in [0, 0.05) is 5.56 Å². The van der Waals surface area contributed by atoms with Gasteiger partial charge >= 0.3 is 11.9 Å². The highest BCUT2D eigenvalue weighted by Gasteiger charge is 2.48. The monoisotopic (exact) mass is 554 g/mol. The van der Waals surface area contributed by atoms with Gasteiger partial charge in [-0.1, -0.05) is 83.6 Å². The number of Topliss-reactive ketones (excluding diaryl/α,β-unsaturated/α-hetero) is 1. The lowest BCUT2D eigenvalue weighted by atomic mass is 9.95. The van der Waals surface area contributed by atoms with E-state index < -0.39 is 23.7 Å². The summed E-state index contributed by atoms with van der Waals surface area (Å²) in [6.07, 6.45) is 0. The molecule has 4 aromatic rings. The van der Waals surface area contributed by atoms with E-state index in [0.717, 1.165) is 22.5 Å². The summed E-state index contributed by atoms with van der Waals surface area (Å²) >= 11 is 0.949. The Morgan fingerprint density at radius 3 is 2.42 bits per heavy atom. The molecule has 5 rings (SSSR count). The number of carbonyl (C=O) groups excluding carboxylic acids is 3. The van der Waals surface area contributed by atoms with Crippen molar-refractivity contribution >= 4 is 39.9 Å². The maximum absolute atomic E-state index is 13.5. The van der Waals surface area contributed by atoms with Crippen LogP contribution in [0.15, 0.2) is 84.4 Å². The normalized spacial score (nSPS) is 16.3. The van der Waals surface area contributed by atoms with Crippen LogP contribution in [0.3, 0.4) is 0 Å². The Bertz CT molecular complexity index is 1630. The summed E-state index contributed by atoms with van der Waals surface area (Å²) in [4.78, 5) is 45.1. The SMILES string of the molecule is COC(=O)c1sc(N2C(=O)C(=O)/C(=C(/O)c3ccc(C)cc3)C2c2cccc(OCc3ccccc3)c2)nc1C. The molecule has 3 aromatic carbocycles. The van der Waals surface area contributed by atoms with Gasteiger partial charge < -0.3 is 14.6 Å². The predicted molar refractivity (Wildman–Crippen MR) is 151 cm³/mol. The Labute approximate surface area is 235 Å². The van der Waals surface area contributed by atoms with E-state index >= 15 is 0 Å². The van der Waals surface area contributed by atoms with Gasteiger partial charge in [0.1, 0.15) is 23.0 Å². The molecule has 0 radical (unpaired) electrons. The molecule has 1 atom stereocenters. The molecule has 1 saturated heterocycles. The van der Waals surface area contributed by atoms with E-state index in [4.69, 9.17) is 9.47 Å². The number of aromatic nitrogens is 1. The Morgan fingerprint density at radius 1 is 1.00 bits per heavy atom. The second-order valence-electron chi connectivity index (χ2n) is 9.28. The zero-order chi connectivity index (χ0) is 28.4. The second kappa shape index (κ2) is 11.2. The highest BCUT2D eigenvalue weighted by atomic mass is 32.1. The molecule has 2 heterocycles. The lowest BCUT2D eigenvalue weighted by Crippen LogP contribution is -2.29. The van der Waals surface area contributed by atoms with E-state index in [0.29, 0.717) is 29.2 Å². The highest BCUT2D eigenvalue weighted by molar-refractivity contribution is 7.17. The number of ether oxygens (including phenoxy) is 2. The number of benzene rings is 3. The molecule has 1 fully saturated rings. The van der Waals surface area contributed by atoms with Crippen LogP contribution in [0.4, 0.5) is 5.13 Å². The van der Waals surface area contributed by atoms with E-state index in [1.54, 1.807) is 43.3 Å². The maximum Gasteiger partial charge on any atom is 0.350 e. The lowest BCUT2D eigenvalue weighted by molar-refractivity contribution is -0.132. The Hall–Kier alpha value is -4.76. The molecule has 1 aliphatic heterocycles. The first kappa shape index (κ1) is 26.8. The van der Waals surface area contributed by atoms with Gasteiger partial charge in [-0.2, -0.15) is 0 Å². The molecule has 0 aliphatic carbocycles. The number of aliphatic hydroxyl groups excluding tert-OH is 1. The number of carbonyl (C=O) groups is 3. The number of anilines is 1. The fourth-order valence-corrected chi connectivity index (χ4v) is 5.51. The quantitative estimate of drug-likeness (QED) is 0.134. The van der Waals surface area contributed by atoms with E-state index in [2.05, 4.69) is 4.98 Å². The minimum atomic E-state index is -1.02. The van der Waals surface area contributed by atoms with E-state index in [-0.39, 0.29) is 21.3 Å². The number of methoxy groups -OCH3 is 1. The highest BCUT2D eigenvalue weighted by Crippen LogP contribution is 2.44. The van der Waals surface area contributed by atoms with Gasteiger partial charge in [-0.05, 0) is 37.1 Å². The van der Waals surface area contributed by atoms with Crippen molar-refractivity contribution in [2.75, 3.05) is 12.0 Å². The van der Waals surface area contributed by atoms with Crippen LogP contribution in [-0.4, -0.2) is 34.9 Å². The van der Waals surface area contributed by atoms with E-state index in [1.165, 1.54) is 12.0 Å². The smallest absolute Gasteiger partial charge is 0.350 e. The Balaban J connectivity index is 1.62. The average Bonchev–Trinajstić information content (AvgIpc) is 3.48. The number of nitrogens with zero attached hydrogens (tertiary/aromatic N) is 2. The number of aryl methyl sites for hydroxylation is 2. The van der Waals surface area contributed by atoms with Crippen LogP contribution in [0.5, 0.6) is 5.75 Å². The topological polar surface area (TPSA) is 106 Å². The third-order valence-corrected chi connectivity index (χ3v) is 7.69. The van der Waals surface area contributed by atoms with Crippen molar-refractivity contribution in [1.82, 2.24) is 4.98 Å². The van der Waals surface area contributed by atoms with Gasteiger partial charge in [0.25, 0.3) is 5.78 Å². The zero-order valence-electron chi connectivity index (χ0n) is 22.1. The number of esters is 1. The molecule has 1 aromatic heterocycles. The predicted octanol–water partition coefficient (Wildman–Crippen LogP) is 5.75. The zero-order valence-corrected chi connectivity index (χ0v) is 22.9. The lowest BCUT2D eigenvalue weighted by Gasteiger charge is -2.23. The number of hydrogen-bond acceptors (Lipinski definition) is 8. The number of hydrogen-bond donors (Lipinski definition) is 1. The molecular formula is C31H26N2O6S. The van der Waals surface area contributed by atoms with Crippen LogP contribution < -0.4 is 9.64 Å². The number of rotatable bonds is 7. The molecule has 1 aliphatic rings. The van der Waals surface area contributed by atoms with Crippen LogP contribution >= 0.6 is 11.3 Å². The number of aliphatic hydroxyl groups is 1. The molecule has 0 saturated carbocycles. The van der Waals surface area contributed by atoms with Crippen molar-refractivity contribution < 1.29 is 29.0 Å². The second-order valence-corrected chi connectivity index (χ2v) is 10.3. The summed E-state index contributed by atoms with van der Waals surface area (Å²) < 4.78 is 10.9. The summed E-state index contributed by atoms with van der Waals surface area (Å²) in [5.41, 5.74) is 3.17. The van der Waals surface area contributed by atoms with Crippen molar-refractivity contribution in [3.8, 4) is 5.75 Å². The van der Waals surface area contributed by atoms with Gasteiger partial charge in [-0.3, -0.25) is 14.5 Å². The molecule has 0 bridgehead atoms. The van der Waals surface area contributed by atoms with Crippen molar-refractivity contribution in [3.05, 3.63) is 117 Å². The first-order chi connectivity index (χ1) is 19.3. The van der Waals surface area contributed by atoms with E-state index in [9.17, 15) is 19.5 Å². The van der Waals surface area contributed by atoms with Crippen LogP contribution in [0.1, 0.15) is 43.7 Å². The van der Waals surface area contributed by atoms with Crippen molar-refractivity contribution in [1.29, 1.82) is 0 Å². The standard InChI is InChI=1S/C31H26N2O6S/c1-18-12-14-21(15-13-18)26(34)24-25(22-10-7-11-23(16-22)39-17-20-8-5-4-6-9-20)33(29(36)27(24)35)31-32-19(2)28(40-31)30(37)38-3/h4-16,25,34H,17H2,1-3H3/b26-24+. The minimum absolute atomic E-state index is 0.0819. The number of ketones is 1. The average molecular weight is 555 g/mol. The molecule has 1 N–H and O–H groups in total. The Kier molecular flexibility index (Phi) is 7.48. The summed E-state index contributed by atoms with van der Waals surface area (Å²) in [6.45, 7) is 3.86. The van der Waals surface area contributed by atoms with Crippen LogP contribution in [0.2, 0.25) is 0 Å². The third kappa shape index (κ3) is 5.11. The number of thiazole rings is 1. The fourth-order valence-electron chi connectivity index (χ4n) is 4.49. The molecule has 9 heteroatoms. The fraction of sp³-hybridized carbons (Fsp3) is 0.161. The summed E-state index contributed by atoms with van der Waals surface area (Å²) in [7, 11) is 1.26. The molecule has 1 amide bonds. The molecule has 1 unspecified atom stereocenters. The van der Waals surface area contributed by atoms with Crippen molar-refractivity contribution in [2.45, 2.75) is 26.5 Å².